The van der Waals surface area contributed by atoms with E-state index in [9.17, 15) is 0 Å². The molecule has 0 aliphatic carbocycles. The molecule has 0 bridgehead atoms. The van der Waals surface area contributed by atoms with E-state index in [1.807, 2.05) is 13.8 Å². The Morgan fingerprint density at radius 1 is 0.524 bits per heavy atom. The summed E-state index contributed by atoms with van der Waals surface area (Å²) in [5, 5.41) is 0. The Hall–Kier alpha value is -0.780. The van der Waals surface area contributed by atoms with Crippen molar-refractivity contribution in [2.45, 2.75) is 102 Å². The van der Waals surface area contributed by atoms with Crippen molar-refractivity contribution in [3.63, 3.8) is 0 Å². The van der Waals surface area contributed by atoms with E-state index in [0.29, 0.717) is 0 Å². The first-order valence-electron chi connectivity index (χ1n) is 8.91. The van der Waals surface area contributed by atoms with Gasteiger partial charge in [0.1, 0.15) is 0 Å². The van der Waals surface area contributed by atoms with Crippen molar-refractivity contribution >= 4 is 0 Å². The van der Waals surface area contributed by atoms with Crippen molar-refractivity contribution in [3.05, 3.63) is 33.9 Å². The molecular weight excluding hydrogens is 252 g/mol. The lowest BCUT2D eigenvalue weighted by atomic mass is 9.96. The van der Waals surface area contributed by atoms with E-state index in [4.69, 9.17) is 0 Å². The highest BCUT2D eigenvalue weighted by Crippen LogP contribution is 2.19. The van der Waals surface area contributed by atoms with E-state index in [0.717, 1.165) is 0 Å². The molecule has 0 atom stereocenters. The zero-order valence-corrected chi connectivity index (χ0v) is 16.9. The minimum absolute atomic E-state index is 1.32. The summed E-state index contributed by atoms with van der Waals surface area (Å²) in [5.41, 5.74) is 7.14. The number of aryl methyl sites for hydroxylation is 2. The zero-order valence-electron chi connectivity index (χ0n) is 16.9. The van der Waals surface area contributed by atoms with Gasteiger partial charge in [-0.1, -0.05) is 73.3 Å². The van der Waals surface area contributed by atoms with Crippen molar-refractivity contribution < 1.29 is 0 Å². The second kappa shape index (κ2) is 17.3. The lowest BCUT2D eigenvalue weighted by Crippen LogP contribution is -1.93. The summed E-state index contributed by atoms with van der Waals surface area (Å²) in [5.74, 6) is 0. The van der Waals surface area contributed by atoms with Crippen LogP contribution in [0, 0.1) is 34.6 Å². The van der Waals surface area contributed by atoms with E-state index >= 15 is 0 Å². The summed E-state index contributed by atoms with van der Waals surface area (Å²) in [6.45, 7) is 23.7. The molecular formula is C21H42. The summed E-state index contributed by atoms with van der Waals surface area (Å²) in [6, 6.07) is 2.26. The van der Waals surface area contributed by atoms with Gasteiger partial charge in [0.25, 0.3) is 0 Å². The maximum Gasteiger partial charge on any atom is -0.0392 e. The number of rotatable bonds is 2. The normalized spacial score (nSPS) is 8.52. The number of hydrogen-bond donors (Lipinski definition) is 0. The molecule has 0 fully saturated rings. The SMILES string of the molecule is CC.CCCC.CCCC.Cc1cc(C)c(C)c(C)c1C. The molecule has 0 nitrogen and oxygen atoms in total. The van der Waals surface area contributed by atoms with E-state index < -0.39 is 0 Å². The molecule has 0 N–H and O–H groups in total. The largest absolute Gasteiger partial charge is 0.0683 e. The fourth-order valence-corrected chi connectivity index (χ4v) is 1.41. The van der Waals surface area contributed by atoms with Crippen LogP contribution in [-0.2, 0) is 0 Å². The standard InChI is InChI=1S/C11H16.2C4H10.C2H6/c1-7-6-8(2)10(4)11(5)9(7)3;2*1-3-4-2;1-2/h6H,1-5H3;2*3-4H2,1-2H3;1-2H3. The molecule has 0 heteroatoms. The predicted octanol–water partition coefficient (Wildman–Crippen LogP) is 7.87. The average molecular weight is 295 g/mol. The Morgan fingerprint density at radius 2 is 0.762 bits per heavy atom. The molecule has 21 heavy (non-hydrogen) atoms. The Bertz CT molecular complexity index is 300. The number of unbranched alkanes of at least 4 members (excludes halogenated alkanes) is 2. The van der Waals surface area contributed by atoms with Crippen LogP contribution in [0.1, 0.15) is 95.0 Å². The van der Waals surface area contributed by atoms with Crippen LogP contribution < -0.4 is 0 Å². The summed E-state index contributed by atoms with van der Waals surface area (Å²) in [6.07, 6.45) is 5.28. The highest BCUT2D eigenvalue weighted by molar-refractivity contribution is 5.42. The fourth-order valence-electron chi connectivity index (χ4n) is 1.41. The van der Waals surface area contributed by atoms with Crippen molar-refractivity contribution in [1.82, 2.24) is 0 Å². The van der Waals surface area contributed by atoms with Crippen LogP contribution in [-0.4, -0.2) is 0 Å². The lowest BCUT2D eigenvalue weighted by molar-refractivity contribution is 0.886. The zero-order chi connectivity index (χ0) is 17.4. The van der Waals surface area contributed by atoms with Crippen LogP contribution in [0.25, 0.3) is 0 Å². The Kier molecular flexibility index (Phi) is 20.7. The molecule has 0 heterocycles. The highest BCUT2D eigenvalue weighted by Gasteiger charge is 2.02. The molecule has 1 rings (SSSR count). The molecule has 1 aromatic carbocycles. The van der Waals surface area contributed by atoms with Crippen molar-refractivity contribution in [1.29, 1.82) is 0 Å². The van der Waals surface area contributed by atoms with Gasteiger partial charge in [-0.05, 0) is 62.4 Å². The van der Waals surface area contributed by atoms with E-state index in [2.05, 4.69) is 68.4 Å². The monoisotopic (exact) mass is 294 g/mol. The van der Waals surface area contributed by atoms with Crippen molar-refractivity contribution in [2.75, 3.05) is 0 Å². The molecule has 0 radical (unpaired) electrons. The fraction of sp³-hybridized carbons (Fsp3) is 0.714. The number of hydrogen-bond acceptors (Lipinski definition) is 0. The van der Waals surface area contributed by atoms with E-state index in [1.54, 1.807) is 0 Å². The molecule has 126 valence electrons. The Labute approximate surface area is 136 Å². The van der Waals surface area contributed by atoms with Gasteiger partial charge in [-0.25, -0.2) is 0 Å². The highest BCUT2D eigenvalue weighted by atomic mass is 14.1. The first kappa shape index (κ1) is 25.2. The Balaban J connectivity index is -0.000000271. The van der Waals surface area contributed by atoms with Crippen LogP contribution in [0.15, 0.2) is 6.07 Å². The minimum atomic E-state index is 1.32. The topological polar surface area (TPSA) is 0 Å². The smallest absolute Gasteiger partial charge is 0.0392 e. The second-order valence-electron chi connectivity index (χ2n) is 5.39. The molecule has 0 unspecified atom stereocenters. The first-order valence-corrected chi connectivity index (χ1v) is 8.91. The molecule has 0 spiro atoms. The van der Waals surface area contributed by atoms with Gasteiger partial charge in [0.05, 0.1) is 0 Å². The van der Waals surface area contributed by atoms with Gasteiger partial charge >= 0.3 is 0 Å². The summed E-state index contributed by atoms with van der Waals surface area (Å²) in [7, 11) is 0. The molecule has 0 aromatic heterocycles. The average Bonchev–Trinajstić information content (AvgIpc) is 2.53. The number of benzene rings is 1. The molecule has 0 saturated heterocycles. The van der Waals surface area contributed by atoms with Gasteiger partial charge in [-0.15, -0.1) is 0 Å². The quantitative estimate of drug-likeness (QED) is 0.520. The van der Waals surface area contributed by atoms with Gasteiger partial charge in [-0.3, -0.25) is 0 Å². The lowest BCUT2D eigenvalue weighted by Gasteiger charge is -2.10. The van der Waals surface area contributed by atoms with E-state index in [-0.39, 0.29) is 0 Å². The van der Waals surface area contributed by atoms with Crippen LogP contribution in [0.2, 0.25) is 0 Å². The van der Waals surface area contributed by atoms with Crippen molar-refractivity contribution in [3.8, 4) is 0 Å². The molecule has 0 aliphatic heterocycles. The van der Waals surface area contributed by atoms with Gasteiger partial charge in [0.2, 0.25) is 0 Å². The second-order valence-corrected chi connectivity index (χ2v) is 5.39. The third-order valence-corrected chi connectivity index (χ3v) is 3.74. The molecule has 0 saturated carbocycles. The van der Waals surface area contributed by atoms with Gasteiger partial charge in [0, 0.05) is 0 Å². The Morgan fingerprint density at radius 3 is 0.952 bits per heavy atom. The third kappa shape index (κ3) is 12.7. The van der Waals surface area contributed by atoms with Crippen LogP contribution >= 0.6 is 0 Å². The van der Waals surface area contributed by atoms with E-state index in [1.165, 1.54) is 53.5 Å². The maximum atomic E-state index is 2.26. The van der Waals surface area contributed by atoms with Crippen LogP contribution in [0.3, 0.4) is 0 Å². The van der Waals surface area contributed by atoms with Gasteiger partial charge in [0.15, 0.2) is 0 Å². The molecule has 1 aromatic rings. The minimum Gasteiger partial charge on any atom is -0.0683 e. The summed E-state index contributed by atoms with van der Waals surface area (Å²) < 4.78 is 0. The molecule has 0 aliphatic rings. The van der Waals surface area contributed by atoms with Gasteiger partial charge in [-0.2, -0.15) is 0 Å². The summed E-state index contributed by atoms with van der Waals surface area (Å²) in [4.78, 5) is 0. The molecule has 0 amide bonds. The van der Waals surface area contributed by atoms with Crippen LogP contribution in [0.5, 0.6) is 0 Å². The predicted molar refractivity (Wildman–Crippen MR) is 103 cm³/mol. The maximum absolute atomic E-state index is 2.26. The van der Waals surface area contributed by atoms with Crippen molar-refractivity contribution in [2.24, 2.45) is 0 Å². The van der Waals surface area contributed by atoms with Crippen LogP contribution in [0.4, 0.5) is 0 Å². The summed E-state index contributed by atoms with van der Waals surface area (Å²) >= 11 is 0. The third-order valence-electron chi connectivity index (χ3n) is 3.74. The first-order chi connectivity index (χ1) is 9.87. The van der Waals surface area contributed by atoms with Gasteiger partial charge < -0.3 is 0 Å².